The second-order valence-corrected chi connectivity index (χ2v) is 12.2. The molecule has 1 aromatic carbocycles. The van der Waals surface area contributed by atoms with Gasteiger partial charge in [0.1, 0.15) is 11.9 Å². The molecule has 0 spiro atoms. The van der Waals surface area contributed by atoms with Crippen LogP contribution in [0.2, 0.25) is 0 Å². The first-order chi connectivity index (χ1) is 16.1. The molecule has 1 fully saturated rings. The molecule has 2 aliphatic heterocycles. The third-order valence-electron chi connectivity index (χ3n) is 5.59. The fourth-order valence-corrected chi connectivity index (χ4v) is 6.06. The van der Waals surface area contributed by atoms with Crippen LogP contribution in [0, 0.1) is 5.82 Å². The van der Waals surface area contributed by atoms with Gasteiger partial charge in [-0.15, -0.1) is 11.3 Å². The van der Waals surface area contributed by atoms with Crippen LogP contribution < -0.4 is 4.72 Å². The van der Waals surface area contributed by atoms with E-state index in [0.29, 0.717) is 38.7 Å². The maximum Gasteiger partial charge on any atom is 0.338 e. The van der Waals surface area contributed by atoms with Gasteiger partial charge in [-0.25, -0.2) is 27.3 Å². The van der Waals surface area contributed by atoms with Crippen molar-refractivity contribution in [3.8, 4) is 0 Å². The molecular formula is C22H24BrFN4O4S2. The number of nitrogens with one attached hydrogen (secondary N) is 1. The average Bonchev–Trinajstić information content (AvgIpc) is 3.42. The number of sulfonamides is 1. The molecule has 0 radical (unpaired) electrons. The summed E-state index contributed by atoms with van der Waals surface area (Å²) in [4.78, 5) is 24.3. The van der Waals surface area contributed by atoms with Gasteiger partial charge in [0.2, 0.25) is 10.0 Å². The van der Waals surface area contributed by atoms with Gasteiger partial charge in [0.05, 0.1) is 17.4 Å². The van der Waals surface area contributed by atoms with Gasteiger partial charge in [-0.05, 0) is 38.5 Å². The Bertz CT molecular complexity index is 1260. The number of nitrogens with zero attached hydrogens (tertiary/aromatic N) is 3. The summed E-state index contributed by atoms with van der Waals surface area (Å²) in [6.45, 7) is 5.39. The van der Waals surface area contributed by atoms with Crippen molar-refractivity contribution in [1.82, 2.24) is 14.6 Å². The highest BCUT2D eigenvalue weighted by atomic mass is 79.9. The largest absolute Gasteiger partial charge is 0.463 e. The molecule has 2 aliphatic rings. The summed E-state index contributed by atoms with van der Waals surface area (Å²) < 4.78 is 47.5. The summed E-state index contributed by atoms with van der Waals surface area (Å²) in [6, 6.07) is 2.97. The summed E-state index contributed by atoms with van der Waals surface area (Å²) in [5.41, 5.74) is 1.52. The maximum absolute atomic E-state index is 13.8. The molecule has 2 aromatic rings. The summed E-state index contributed by atoms with van der Waals surface area (Å²) in [5.74, 6) is -0.435. The van der Waals surface area contributed by atoms with Crippen molar-refractivity contribution < 1.29 is 22.3 Å². The SMILES string of the molecule is CCOC(=O)C1=C2C[C@@H](NS(=O)(=O)C(C)C)CN2C(c2nccs2)=N[C@H]1c1ccc(F)cc1Br. The van der Waals surface area contributed by atoms with Gasteiger partial charge < -0.3 is 9.64 Å². The van der Waals surface area contributed by atoms with Crippen molar-refractivity contribution in [2.24, 2.45) is 4.99 Å². The molecule has 1 N–H and O–H groups in total. The number of ether oxygens (including phenoxy) is 1. The van der Waals surface area contributed by atoms with E-state index < -0.39 is 39.1 Å². The van der Waals surface area contributed by atoms with Gasteiger partial charge in [0.15, 0.2) is 10.8 Å². The number of hydrogen-bond acceptors (Lipinski definition) is 8. The number of aromatic nitrogens is 1. The fourth-order valence-electron chi connectivity index (χ4n) is 3.96. The Morgan fingerprint density at radius 1 is 1.41 bits per heavy atom. The number of hydrogen-bond donors (Lipinski definition) is 1. The minimum Gasteiger partial charge on any atom is -0.463 e. The molecular weight excluding hydrogens is 547 g/mol. The Morgan fingerprint density at radius 3 is 2.79 bits per heavy atom. The summed E-state index contributed by atoms with van der Waals surface area (Å²) in [5, 5.41) is 1.86. The molecule has 0 unspecified atom stereocenters. The molecule has 0 bridgehead atoms. The average molecular weight is 571 g/mol. The number of carbonyl (C=O) groups is 1. The second-order valence-electron chi connectivity index (χ2n) is 8.16. The number of rotatable bonds is 7. The van der Waals surface area contributed by atoms with Crippen molar-refractivity contribution in [3.63, 3.8) is 0 Å². The lowest BCUT2D eigenvalue weighted by atomic mass is 9.94. The summed E-state index contributed by atoms with van der Waals surface area (Å²) in [7, 11) is -3.54. The van der Waals surface area contributed by atoms with E-state index in [0.717, 1.165) is 0 Å². The van der Waals surface area contributed by atoms with E-state index in [2.05, 4.69) is 25.6 Å². The quantitative estimate of drug-likeness (QED) is 0.508. The Kier molecular flexibility index (Phi) is 7.22. The number of esters is 1. The number of carbonyl (C=O) groups excluding carboxylic acids is 1. The molecule has 4 rings (SSSR count). The van der Waals surface area contributed by atoms with E-state index >= 15 is 0 Å². The first-order valence-corrected chi connectivity index (χ1v) is 14.0. The number of aliphatic imine (C=N–C) groups is 1. The highest BCUT2D eigenvalue weighted by Gasteiger charge is 2.43. The van der Waals surface area contributed by atoms with Crippen molar-refractivity contribution in [2.75, 3.05) is 13.2 Å². The molecule has 0 aliphatic carbocycles. The minimum absolute atomic E-state index is 0.166. The predicted molar refractivity (Wildman–Crippen MR) is 131 cm³/mol. The zero-order chi connectivity index (χ0) is 24.6. The number of amidine groups is 1. The number of halogens is 2. The lowest BCUT2D eigenvalue weighted by molar-refractivity contribution is -0.139. The Labute approximate surface area is 210 Å². The van der Waals surface area contributed by atoms with Gasteiger partial charge in [-0.1, -0.05) is 22.0 Å². The second kappa shape index (κ2) is 9.84. The highest BCUT2D eigenvalue weighted by Crippen LogP contribution is 2.42. The van der Waals surface area contributed by atoms with Crippen LogP contribution in [0.4, 0.5) is 4.39 Å². The molecule has 2 atom stereocenters. The molecule has 12 heteroatoms. The lowest BCUT2D eigenvalue weighted by Crippen LogP contribution is -2.42. The number of thiazole rings is 1. The first kappa shape index (κ1) is 25.0. The monoisotopic (exact) mass is 570 g/mol. The van der Waals surface area contributed by atoms with E-state index in [9.17, 15) is 17.6 Å². The standard InChI is InChI=1S/C22H24BrFN4O4S2/c1-4-32-22(29)18-17-10-14(27-34(30,31)12(2)3)11-28(17)20(21-25-7-8-33-21)26-19(18)15-6-5-13(24)9-16(15)23/h5-9,12,14,19,27H,4,10-11H2,1-3H3/t14-,19+/m1/s1. The fraction of sp³-hybridized carbons (Fsp3) is 0.409. The number of fused-ring (bicyclic) bond motifs is 1. The van der Waals surface area contributed by atoms with E-state index in [4.69, 9.17) is 9.73 Å². The molecule has 34 heavy (non-hydrogen) atoms. The molecule has 8 nitrogen and oxygen atoms in total. The van der Waals surface area contributed by atoms with Crippen LogP contribution in [-0.2, 0) is 19.6 Å². The Morgan fingerprint density at radius 2 is 2.18 bits per heavy atom. The van der Waals surface area contributed by atoms with E-state index in [1.165, 1.54) is 23.5 Å². The Balaban J connectivity index is 1.87. The molecule has 0 amide bonds. The van der Waals surface area contributed by atoms with Crippen molar-refractivity contribution in [3.05, 3.63) is 61.9 Å². The van der Waals surface area contributed by atoms with Gasteiger partial charge in [-0.2, -0.15) is 0 Å². The van der Waals surface area contributed by atoms with E-state index in [-0.39, 0.29) is 13.0 Å². The molecule has 1 saturated heterocycles. The third-order valence-corrected chi connectivity index (χ3v) is 8.95. The summed E-state index contributed by atoms with van der Waals surface area (Å²) in [6.07, 6.45) is 1.93. The lowest BCUT2D eigenvalue weighted by Gasteiger charge is -2.31. The van der Waals surface area contributed by atoms with Crippen LogP contribution in [0.1, 0.15) is 43.8 Å². The maximum atomic E-state index is 13.8. The van der Waals surface area contributed by atoms with Crippen LogP contribution in [0.3, 0.4) is 0 Å². The van der Waals surface area contributed by atoms with Gasteiger partial charge >= 0.3 is 5.97 Å². The molecule has 3 heterocycles. The molecule has 1 aromatic heterocycles. The predicted octanol–water partition coefficient (Wildman–Crippen LogP) is 3.77. The van der Waals surface area contributed by atoms with E-state index in [1.807, 2.05) is 10.3 Å². The van der Waals surface area contributed by atoms with Crippen LogP contribution >= 0.6 is 27.3 Å². The first-order valence-electron chi connectivity index (χ1n) is 10.7. The van der Waals surface area contributed by atoms with Crippen LogP contribution in [-0.4, -0.2) is 54.6 Å². The third kappa shape index (κ3) is 4.81. The van der Waals surface area contributed by atoms with Gasteiger partial charge in [0, 0.05) is 40.8 Å². The zero-order valence-electron chi connectivity index (χ0n) is 18.8. The number of benzene rings is 1. The zero-order valence-corrected chi connectivity index (χ0v) is 22.0. The topological polar surface area (TPSA) is 101 Å². The van der Waals surface area contributed by atoms with Crippen LogP contribution in [0.5, 0.6) is 0 Å². The highest BCUT2D eigenvalue weighted by molar-refractivity contribution is 9.10. The van der Waals surface area contributed by atoms with Crippen LogP contribution in [0.25, 0.3) is 0 Å². The van der Waals surface area contributed by atoms with Gasteiger partial charge in [-0.3, -0.25) is 4.99 Å². The van der Waals surface area contributed by atoms with Gasteiger partial charge in [0.25, 0.3) is 0 Å². The van der Waals surface area contributed by atoms with Crippen LogP contribution in [0.15, 0.2) is 50.5 Å². The smallest absolute Gasteiger partial charge is 0.338 e. The van der Waals surface area contributed by atoms with E-state index in [1.54, 1.807) is 33.0 Å². The van der Waals surface area contributed by atoms with Crippen molar-refractivity contribution in [1.29, 1.82) is 0 Å². The summed E-state index contributed by atoms with van der Waals surface area (Å²) >= 11 is 4.79. The molecule has 0 saturated carbocycles. The molecule has 182 valence electrons. The van der Waals surface area contributed by atoms with Crippen molar-refractivity contribution in [2.45, 2.75) is 44.5 Å². The Hall–Kier alpha value is -2.15. The normalized spacial score (nSPS) is 20.5. The van der Waals surface area contributed by atoms with Crippen molar-refractivity contribution >= 4 is 49.1 Å². The minimum atomic E-state index is -3.54.